The van der Waals surface area contributed by atoms with Crippen LogP contribution in [-0.2, 0) is 0 Å². The van der Waals surface area contributed by atoms with Crippen molar-refractivity contribution in [1.82, 2.24) is 19.7 Å². The van der Waals surface area contributed by atoms with Crippen molar-refractivity contribution in [3.05, 3.63) is 46.0 Å². The lowest BCUT2D eigenvalue weighted by Crippen LogP contribution is -2.16. The van der Waals surface area contributed by atoms with E-state index in [4.69, 9.17) is 0 Å². The maximum absolute atomic E-state index is 12.7. The fraction of sp³-hybridized carbons (Fsp3) is 0.312. The average Bonchev–Trinajstić information content (AvgIpc) is 3.21. The van der Waals surface area contributed by atoms with Gasteiger partial charge in [0.25, 0.3) is 0 Å². The summed E-state index contributed by atoms with van der Waals surface area (Å²) >= 11 is 1.32. The van der Waals surface area contributed by atoms with Crippen molar-refractivity contribution in [1.29, 1.82) is 0 Å². The molecule has 0 bridgehead atoms. The molecular weight excluding hydrogens is 312 g/mol. The largest absolute Gasteiger partial charge is 0.358 e. The molecule has 2 heterocycles. The van der Waals surface area contributed by atoms with Gasteiger partial charge < -0.3 is 4.98 Å². The smallest absolute Gasteiger partial charge is 0.344 e. The minimum atomic E-state index is -0.189. The highest BCUT2D eigenvalue weighted by Crippen LogP contribution is 2.36. The molecule has 0 atom stereocenters. The third-order valence-corrected chi connectivity index (χ3v) is 5.04. The third-order valence-electron chi connectivity index (χ3n) is 4.09. The van der Waals surface area contributed by atoms with E-state index in [0.29, 0.717) is 5.16 Å². The zero-order valence-electron chi connectivity index (χ0n) is 12.6. The molecule has 23 heavy (non-hydrogen) atoms. The van der Waals surface area contributed by atoms with Crippen molar-refractivity contribution in [3.63, 3.8) is 0 Å². The topological polar surface area (TPSA) is 83.5 Å². The van der Waals surface area contributed by atoms with Gasteiger partial charge in [-0.05, 0) is 25.8 Å². The highest BCUT2D eigenvalue weighted by Gasteiger charge is 2.29. The molecule has 4 rings (SSSR count). The summed E-state index contributed by atoms with van der Waals surface area (Å²) in [6.07, 6.45) is 2.00. The Balaban J connectivity index is 1.58. The summed E-state index contributed by atoms with van der Waals surface area (Å²) < 4.78 is 1.67. The number of H-pyrrole nitrogens is 2. The molecule has 3 aromatic rings. The Labute approximate surface area is 136 Å². The number of fused-ring (bicyclic) bond motifs is 1. The van der Waals surface area contributed by atoms with Crippen LogP contribution in [0.2, 0.25) is 0 Å². The number of nitrogens with one attached hydrogen (secondary N) is 2. The van der Waals surface area contributed by atoms with Crippen molar-refractivity contribution in [2.24, 2.45) is 0 Å². The number of Topliss-reactive ketones (excluding diaryl/α,β-unsaturated/α-hetero) is 1. The van der Waals surface area contributed by atoms with E-state index < -0.39 is 0 Å². The van der Waals surface area contributed by atoms with Crippen LogP contribution in [-0.4, -0.2) is 31.3 Å². The highest BCUT2D eigenvalue weighted by molar-refractivity contribution is 7.99. The molecule has 1 aromatic carbocycles. The Morgan fingerprint density at radius 2 is 2.17 bits per heavy atom. The highest BCUT2D eigenvalue weighted by atomic mass is 32.2. The number of thioether (sulfide) groups is 1. The number of para-hydroxylation sites is 1. The van der Waals surface area contributed by atoms with Crippen LogP contribution in [0.3, 0.4) is 0 Å². The molecule has 1 aliphatic rings. The number of aromatic amines is 2. The molecule has 0 amide bonds. The normalized spacial score (nSPS) is 14.5. The Kier molecular flexibility index (Phi) is 3.37. The van der Waals surface area contributed by atoms with Gasteiger partial charge in [0.1, 0.15) is 0 Å². The first-order valence-corrected chi connectivity index (χ1v) is 8.54. The number of carbonyl (C=O) groups excluding carboxylic acids is 1. The summed E-state index contributed by atoms with van der Waals surface area (Å²) in [5.41, 5.74) is 2.38. The standard InChI is InChI=1S/C16H16N4O2S/c1-9-14(11-4-2-3-5-12(11)17-9)13(21)8-23-16-19-18-15(22)20(16)10-6-7-10/h2-5,10,17H,6-8H2,1H3,(H,18,22). The minimum absolute atomic E-state index is 0.0442. The van der Waals surface area contributed by atoms with E-state index in [-0.39, 0.29) is 23.3 Å². The van der Waals surface area contributed by atoms with Crippen LogP contribution in [0.4, 0.5) is 0 Å². The van der Waals surface area contributed by atoms with E-state index in [1.54, 1.807) is 4.57 Å². The monoisotopic (exact) mass is 328 g/mol. The first-order chi connectivity index (χ1) is 11.1. The summed E-state index contributed by atoms with van der Waals surface area (Å²) in [5, 5.41) is 8.06. The Bertz CT molecular complexity index is 949. The fourth-order valence-electron chi connectivity index (χ4n) is 2.89. The van der Waals surface area contributed by atoms with Gasteiger partial charge in [-0.2, -0.15) is 0 Å². The van der Waals surface area contributed by atoms with Crippen LogP contribution >= 0.6 is 11.8 Å². The molecule has 0 radical (unpaired) electrons. The van der Waals surface area contributed by atoms with Crippen molar-refractivity contribution >= 4 is 28.4 Å². The van der Waals surface area contributed by atoms with E-state index in [1.807, 2.05) is 31.2 Å². The molecule has 0 saturated heterocycles. The molecule has 0 aliphatic heterocycles. The zero-order chi connectivity index (χ0) is 16.0. The van der Waals surface area contributed by atoms with Crippen molar-refractivity contribution in [2.75, 3.05) is 5.75 Å². The molecule has 6 nitrogen and oxygen atoms in total. The van der Waals surface area contributed by atoms with Gasteiger partial charge in [-0.3, -0.25) is 9.36 Å². The summed E-state index contributed by atoms with van der Waals surface area (Å²) in [5.74, 6) is 0.308. The SMILES string of the molecule is Cc1[nH]c2ccccc2c1C(=O)CSc1n[nH]c(=O)n1C1CC1. The summed E-state index contributed by atoms with van der Waals surface area (Å²) in [6, 6.07) is 8.03. The van der Waals surface area contributed by atoms with Crippen LogP contribution in [0.5, 0.6) is 0 Å². The molecule has 118 valence electrons. The van der Waals surface area contributed by atoms with Crippen molar-refractivity contribution in [2.45, 2.75) is 31.0 Å². The Hall–Kier alpha value is -2.28. The number of ketones is 1. The van der Waals surface area contributed by atoms with E-state index in [2.05, 4.69) is 15.2 Å². The predicted octanol–water partition coefficient (Wildman–Crippen LogP) is 2.67. The first kappa shape index (κ1) is 14.3. The maximum Gasteiger partial charge on any atom is 0.344 e. The number of hydrogen-bond donors (Lipinski definition) is 2. The van der Waals surface area contributed by atoms with Gasteiger partial charge in [-0.1, -0.05) is 30.0 Å². The molecule has 0 unspecified atom stereocenters. The molecular formula is C16H16N4O2S. The van der Waals surface area contributed by atoms with E-state index >= 15 is 0 Å². The summed E-state index contributed by atoms with van der Waals surface area (Å²) in [4.78, 5) is 27.7. The van der Waals surface area contributed by atoms with Gasteiger partial charge >= 0.3 is 5.69 Å². The second kappa shape index (κ2) is 5.42. The summed E-state index contributed by atoms with van der Waals surface area (Å²) in [6.45, 7) is 1.91. The van der Waals surface area contributed by atoms with Crippen molar-refractivity contribution in [3.8, 4) is 0 Å². The molecule has 0 spiro atoms. The van der Waals surface area contributed by atoms with Crippen molar-refractivity contribution < 1.29 is 4.79 Å². The Morgan fingerprint density at radius 1 is 1.39 bits per heavy atom. The number of hydrogen-bond acceptors (Lipinski definition) is 4. The van der Waals surface area contributed by atoms with Gasteiger partial charge in [0.15, 0.2) is 10.9 Å². The van der Waals surface area contributed by atoms with Crippen LogP contribution < -0.4 is 5.69 Å². The second-order valence-corrected chi connectivity index (χ2v) is 6.74. The second-order valence-electron chi connectivity index (χ2n) is 5.79. The maximum atomic E-state index is 12.7. The molecule has 7 heteroatoms. The molecule has 1 fully saturated rings. The molecule has 1 saturated carbocycles. The number of rotatable bonds is 5. The van der Waals surface area contributed by atoms with E-state index in [0.717, 1.165) is 35.0 Å². The first-order valence-electron chi connectivity index (χ1n) is 7.55. The molecule has 1 aliphatic carbocycles. The number of aryl methyl sites for hydroxylation is 1. The molecule has 2 aromatic heterocycles. The molecule has 2 N–H and O–H groups in total. The third kappa shape index (κ3) is 2.50. The van der Waals surface area contributed by atoms with E-state index in [1.165, 1.54) is 11.8 Å². The fourth-order valence-corrected chi connectivity index (χ4v) is 3.77. The number of carbonyl (C=O) groups is 1. The number of nitrogens with zero attached hydrogens (tertiary/aromatic N) is 2. The minimum Gasteiger partial charge on any atom is -0.358 e. The van der Waals surface area contributed by atoms with Crippen LogP contribution in [0.1, 0.15) is 34.9 Å². The van der Waals surface area contributed by atoms with Crippen LogP contribution in [0, 0.1) is 6.92 Å². The van der Waals surface area contributed by atoms with Gasteiger partial charge in [0, 0.05) is 28.2 Å². The lowest BCUT2D eigenvalue weighted by Gasteiger charge is -2.03. The lowest BCUT2D eigenvalue weighted by molar-refractivity contribution is 0.102. The van der Waals surface area contributed by atoms with E-state index in [9.17, 15) is 9.59 Å². The zero-order valence-corrected chi connectivity index (χ0v) is 13.4. The number of benzene rings is 1. The lowest BCUT2D eigenvalue weighted by atomic mass is 10.1. The predicted molar refractivity (Wildman–Crippen MR) is 89.2 cm³/mol. The van der Waals surface area contributed by atoms with Gasteiger partial charge in [0.05, 0.1) is 5.75 Å². The number of aromatic nitrogens is 4. The Morgan fingerprint density at radius 3 is 2.96 bits per heavy atom. The van der Waals surface area contributed by atoms with Gasteiger partial charge in [-0.15, -0.1) is 5.10 Å². The van der Waals surface area contributed by atoms with Crippen LogP contribution in [0.25, 0.3) is 10.9 Å². The quantitative estimate of drug-likeness (QED) is 0.557. The average molecular weight is 328 g/mol. The van der Waals surface area contributed by atoms with Crippen LogP contribution in [0.15, 0.2) is 34.2 Å². The summed E-state index contributed by atoms with van der Waals surface area (Å²) in [7, 11) is 0. The van der Waals surface area contributed by atoms with Gasteiger partial charge in [0.2, 0.25) is 0 Å². The van der Waals surface area contributed by atoms with Gasteiger partial charge in [-0.25, -0.2) is 9.89 Å².